The standard InChI is InChI=1S/C19H22N2O8S/c1-21(9-11-6-5-7-29-11)10-13(22)20-17-15(18(24)27-3)12(8-14(23)26-2)16(30-17)19(25)28-4/h5-7H,8-10H2,1-4H3,(H,20,22). The molecule has 0 radical (unpaired) electrons. The smallest absolute Gasteiger partial charge is 0.348 e. The van der Waals surface area contributed by atoms with E-state index in [0.717, 1.165) is 18.4 Å². The molecular weight excluding hydrogens is 416 g/mol. The summed E-state index contributed by atoms with van der Waals surface area (Å²) in [7, 11) is 5.23. The number of furan rings is 1. The van der Waals surface area contributed by atoms with Gasteiger partial charge in [0.25, 0.3) is 0 Å². The predicted octanol–water partition coefficient (Wildman–Crippen LogP) is 1.70. The number of rotatable bonds is 9. The number of carbonyl (C=O) groups excluding carboxylic acids is 4. The van der Waals surface area contributed by atoms with Crippen molar-refractivity contribution in [3.8, 4) is 0 Å². The van der Waals surface area contributed by atoms with E-state index in [0.29, 0.717) is 12.3 Å². The van der Waals surface area contributed by atoms with Gasteiger partial charge in [-0.05, 0) is 19.2 Å². The largest absolute Gasteiger partial charge is 0.469 e. The van der Waals surface area contributed by atoms with Crippen molar-refractivity contribution in [2.24, 2.45) is 0 Å². The van der Waals surface area contributed by atoms with Crippen LogP contribution >= 0.6 is 11.3 Å². The molecule has 0 fully saturated rings. The molecule has 2 aromatic rings. The van der Waals surface area contributed by atoms with Gasteiger partial charge in [-0.25, -0.2) is 9.59 Å². The topological polar surface area (TPSA) is 124 Å². The Kier molecular flexibility index (Phi) is 8.13. The Morgan fingerprint density at radius 1 is 1.10 bits per heavy atom. The first-order valence-corrected chi connectivity index (χ1v) is 9.52. The Morgan fingerprint density at radius 3 is 2.37 bits per heavy atom. The van der Waals surface area contributed by atoms with Gasteiger partial charge < -0.3 is 23.9 Å². The fourth-order valence-corrected chi connectivity index (χ4v) is 3.79. The fourth-order valence-electron chi connectivity index (χ4n) is 2.65. The molecule has 2 heterocycles. The van der Waals surface area contributed by atoms with Crippen LogP contribution in [0.1, 0.15) is 31.4 Å². The number of carbonyl (C=O) groups is 4. The highest BCUT2D eigenvalue weighted by atomic mass is 32.1. The molecule has 30 heavy (non-hydrogen) atoms. The zero-order chi connectivity index (χ0) is 22.3. The van der Waals surface area contributed by atoms with Gasteiger partial charge in [-0.1, -0.05) is 0 Å². The third kappa shape index (κ3) is 5.67. The molecule has 0 aliphatic carbocycles. The zero-order valence-electron chi connectivity index (χ0n) is 17.0. The van der Waals surface area contributed by atoms with Crippen LogP contribution in [-0.2, 0) is 36.8 Å². The van der Waals surface area contributed by atoms with Gasteiger partial charge in [-0.15, -0.1) is 11.3 Å². The van der Waals surface area contributed by atoms with Crippen molar-refractivity contribution in [2.75, 3.05) is 40.2 Å². The monoisotopic (exact) mass is 438 g/mol. The Labute approximate surface area is 176 Å². The number of ether oxygens (including phenoxy) is 3. The lowest BCUT2D eigenvalue weighted by molar-refractivity contribution is -0.139. The van der Waals surface area contributed by atoms with E-state index in [1.54, 1.807) is 24.1 Å². The van der Waals surface area contributed by atoms with Crippen LogP contribution in [0.15, 0.2) is 22.8 Å². The molecule has 0 saturated heterocycles. The number of amides is 1. The number of anilines is 1. The van der Waals surface area contributed by atoms with Gasteiger partial charge in [0.2, 0.25) is 5.91 Å². The van der Waals surface area contributed by atoms with Gasteiger partial charge in [0, 0.05) is 5.56 Å². The van der Waals surface area contributed by atoms with Gasteiger partial charge >= 0.3 is 17.9 Å². The van der Waals surface area contributed by atoms with Crippen molar-refractivity contribution in [3.05, 3.63) is 40.2 Å². The van der Waals surface area contributed by atoms with E-state index in [2.05, 4.69) is 10.1 Å². The van der Waals surface area contributed by atoms with E-state index in [1.165, 1.54) is 20.5 Å². The third-order valence-corrected chi connectivity index (χ3v) is 5.12. The molecule has 2 aromatic heterocycles. The van der Waals surface area contributed by atoms with Crippen molar-refractivity contribution < 1.29 is 37.8 Å². The van der Waals surface area contributed by atoms with Gasteiger partial charge in [-0.2, -0.15) is 0 Å². The quantitative estimate of drug-likeness (QED) is 0.460. The lowest BCUT2D eigenvalue weighted by Gasteiger charge is -2.14. The number of esters is 3. The molecule has 1 amide bonds. The molecule has 10 nitrogen and oxygen atoms in total. The van der Waals surface area contributed by atoms with Crippen molar-refractivity contribution in [3.63, 3.8) is 0 Å². The van der Waals surface area contributed by atoms with Crippen molar-refractivity contribution >= 4 is 40.2 Å². The molecule has 0 aliphatic rings. The number of likely N-dealkylation sites (N-methyl/N-ethyl adjacent to an activating group) is 1. The number of hydrogen-bond acceptors (Lipinski definition) is 10. The predicted molar refractivity (Wildman–Crippen MR) is 106 cm³/mol. The molecule has 0 aromatic carbocycles. The van der Waals surface area contributed by atoms with E-state index in [-0.39, 0.29) is 34.0 Å². The van der Waals surface area contributed by atoms with E-state index in [4.69, 9.17) is 13.9 Å². The van der Waals surface area contributed by atoms with Crippen LogP contribution in [0.5, 0.6) is 0 Å². The van der Waals surface area contributed by atoms with Crippen molar-refractivity contribution in [1.82, 2.24) is 4.90 Å². The molecule has 0 bridgehead atoms. The van der Waals surface area contributed by atoms with Gasteiger partial charge in [0.1, 0.15) is 15.6 Å². The minimum Gasteiger partial charge on any atom is -0.469 e. The third-order valence-electron chi connectivity index (χ3n) is 3.99. The second-order valence-corrected chi connectivity index (χ2v) is 7.17. The molecule has 162 valence electrons. The summed E-state index contributed by atoms with van der Waals surface area (Å²) >= 11 is 0.824. The minimum atomic E-state index is -0.806. The highest BCUT2D eigenvalue weighted by molar-refractivity contribution is 7.18. The molecule has 0 aliphatic heterocycles. The van der Waals surface area contributed by atoms with Crippen LogP contribution in [0.2, 0.25) is 0 Å². The average Bonchev–Trinajstić information content (AvgIpc) is 3.34. The molecule has 0 spiro atoms. The zero-order valence-corrected chi connectivity index (χ0v) is 17.8. The second kappa shape index (κ2) is 10.6. The Hall–Kier alpha value is -3.18. The first kappa shape index (κ1) is 23.1. The van der Waals surface area contributed by atoms with Gasteiger partial charge in [0.15, 0.2) is 0 Å². The molecule has 0 atom stereocenters. The van der Waals surface area contributed by atoms with Crippen LogP contribution < -0.4 is 5.32 Å². The fraction of sp³-hybridized carbons (Fsp3) is 0.368. The summed E-state index contributed by atoms with van der Waals surface area (Å²) in [6, 6.07) is 3.53. The SMILES string of the molecule is COC(=O)Cc1c(C(=O)OC)sc(NC(=O)CN(C)Cc2ccco2)c1C(=O)OC. The Morgan fingerprint density at radius 2 is 1.80 bits per heavy atom. The van der Waals surface area contributed by atoms with Crippen LogP contribution in [0.4, 0.5) is 5.00 Å². The molecule has 1 N–H and O–H groups in total. The minimum absolute atomic E-state index is 0.00235. The Balaban J connectivity index is 2.30. The summed E-state index contributed by atoms with van der Waals surface area (Å²) in [5.74, 6) is -1.97. The first-order valence-electron chi connectivity index (χ1n) is 8.70. The van der Waals surface area contributed by atoms with Gasteiger partial charge in [0.05, 0.1) is 52.7 Å². The average molecular weight is 438 g/mol. The maximum absolute atomic E-state index is 12.5. The van der Waals surface area contributed by atoms with E-state index < -0.39 is 23.8 Å². The van der Waals surface area contributed by atoms with Gasteiger partial charge in [-0.3, -0.25) is 14.5 Å². The summed E-state index contributed by atoms with van der Waals surface area (Å²) in [5, 5.41) is 2.69. The molecule has 11 heteroatoms. The number of thiophene rings is 1. The molecule has 2 rings (SSSR count). The van der Waals surface area contributed by atoms with Crippen molar-refractivity contribution in [2.45, 2.75) is 13.0 Å². The van der Waals surface area contributed by atoms with Crippen LogP contribution in [0.3, 0.4) is 0 Å². The van der Waals surface area contributed by atoms with Crippen LogP contribution in [-0.4, -0.2) is 63.6 Å². The highest BCUT2D eigenvalue weighted by Crippen LogP contribution is 2.35. The van der Waals surface area contributed by atoms with Crippen molar-refractivity contribution in [1.29, 1.82) is 0 Å². The summed E-state index contributed by atoms with van der Waals surface area (Å²) < 4.78 is 19.4. The molecule has 0 unspecified atom stereocenters. The first-order chi connectivity index (χ1) is 14.3. The highest BCUT2D eigenvalue weighted by Gasteiger charge is 2.30. The molecule has 0 saturated carbocycles. The maximum Gasteiger partial charge on any atom is 0.348 e. The second-order valence-electron chi connectivity index (χ2n) is 6.15. The van der Waals surface area contributed by atoms with E-state index in [1.807, 2.05) is 0 Å². The number of nitrogens with zero attached hydrogens (tertiary/aromatic N) is 1. The summed E-state index contributed by atoms with van der Waals surface area (Å²) in [6.07, 6.45) is 1.17. The number of nitrogens with one attached hydrogen (secondary N) is 1. The normalized spacial score (nSPS) is 10.6. The van der Waals surface area contributed by atoms with Crippen LogP contribution in [0.25, 0.3) is 0 Å². The van der Waals surface area contributed by atoms with E-state index in [9.17, 15) is 19.2 Å². The Bertz CT molecular complexity index is 919. The maximum atomic E-state index is 12.5. The number of methoxy groups -OCH3 is 3. The van der Waals surface area contributed by atoms with Crippen LogP contribution in [0, 0.1) is 0 Å². The number of hydrogen-bond donors (Lipinski definition) is 1. The lowest BCUT2D eigenvalue weighted by Crippen LogP contribution is -2.30. The summed E-state index contributed by atoms with van der Waals surface area (Å²) in [4.78, 5) is 50.6. The molecular formula is C19H22N2O8S. The summed E-state index contributed by atoms with van der Waals surface area (Å²) in [6.45, 7) is 0.384. The lowest BCUT2D eigenvalue weighted by atomic mass is 10.1. The van der Waals surface area contributed by atoms with E-state index >= 15 is 0 Å². The summed E-state index contributed by atoms with van der Waals surface area (Å²) in [5.41, 5.74) is -0.0138.